The van der Waals surface area contributed by atoms with Crippen molar-refractivity contribution < 1.29 is 24.3 Å². The quantitative estimate of drug-likeness (QED) is 0.316. The average molecular weight is 347 g/mol. The molecule has 134 valence electrons. The lowest BCUT2D eigenvalue weighted by Gasteiger charge is -2.21. The van der Waals surface area contributed by atoms with E-state index in [-0.39, 0.29) is 31.1 Å². The van der Waals surface area contributed by atoms with Crippen LogP contribution in [0.4, 0.5) is 4.79 Å². The van der Waals surface area contributed by atoms with Gasteiger partial charge in [0.1, 0.15) is 6.54 Å². The maximum atomic E-state index is 11.1. The maximum absolute atomic E-state index is 11.1. The van der Waals surface area contributed by atoms with Gasteiger partial charge in [0.2, 0.25) is 0 Å². The fraction of sp³-hybridized carbons (Fsp3) is 0.867. The second-order valence-corrected chi connectivity index (χ2v) is 8.25. The molecule has 3 atom stereocenters. The fourth-order valence-corrected chi connectivity index (χ4v) is 4.10. The molecule has 0 spiro atoms. The van der Waals surface area contributed by atoms with Crippen LogP contribution in [-0.4, -0.2) is 79.0 Å². The number of rotatable bonds is 7. The smallest absolute Gasteiger partial charge is 0.315 e. The van der Waals surface area contributed by atoms with E-state index in [1.165, 1.54) is 0 Å². The van der Waals surface area contributed by atoms with Gasteiger partial charge >= 0.3 is 6.03 Å². The van der Waals surface area contributed by atoms with Gasteiger partial charge in [-0.3, -0.25) is 0 Å². The predicted octanol–water partition coefficient (Wildman–Crippen LogP) is -0.853. The van der Waals surface area contributed by atoms with E-state index in [1.807, 2.05) is 11.8 Å². The van der Waals surface area contributed by atoms with Crippen LogP contribution in [0.15, 0.2) is 0 Å². The normalized spacial score (nSPS) is 25.9. The number of hydrogen-bond acceptors (Lipinski definition) is 5. The molecule has 2 aliphatic rings. The summed E-state index contributed by atoms with van der Waals surface area (Å²) in [7, 11) is 6.16. The van der Waals surface area contributed by atoms with Crippen LogP contribution in [-0.2, 0) is 4.79 Å². The molecule has 0 aliphatic carbocycles. The number of fused-ring (bicyclic) bond motifs is 1. The molecule has 8 heteroatoms. The Kier molecular flexibility index (Phi) is 8.15. The Labute approximate surface area is 142 Å². The number of unbranched alkanes of at least 4 members (excludes halogenated alkanes) is 1. The molecule has 2 saturated heterocycles. The summed E-state index contributed by atoms with van der Waals surface area (Å²) < 4.78 is 0.844. The molecule has 0 aromatic heterocycles. The summed E-state index contributed by atoms with van der Waals surface area (Å²) in [5.41, 5.74) is 0. The standard InChI is InChI=1S/C10H16N2O3S.C5H14NO/c13-8(14)4-2-1-3-7-9-6(5-16-7)11-10(15)12-9;1-6(2,3)4-5-7/h6-7,9H,1-5H2,(H,13,14)(H2,11,12,15);7H,4-5H2,1-3H3/q;+1/p-1/t6-,7-,9-;/m0./s1. The third kappa shape index (κ3) is 7.90. The molecule has 0 unspecified atom stereocenters. The number of carbonyl (C=O) groups is 2. The van der Waals surface area contributed by atoms with Crippen LogP contribution in [0.3, 0.4) is 0 Å². The monoisotopic (exact) mass is 347 g/mol. The molecule has 0 saturated carbocycles. The summed E-state index contributed by atoms with van der Waals surface area (Å²) in [6, 6.07) is 0.402. The van der Waals surface area contributed by atoms with Crippen molar-refractivity contribution in [3.05, 3.63) is 0 Å². The highest BCUT2D eigenvalue weighted by Gasteiger charge is 2.42. The molecule has 2 rings (SSSR count). The first-order chi connectivity index (χ1) is 10.7. The zero-order chi connectivity index (χ0) is 17.5. The minimum Gasteiger partial charge on any atom is -0.550 e. The Morgan fingerprint density at radius 1 is 1.35 bits per heavy atom. The number of nitrogens with one attached hydrogen (secondary N) is 2. The van der Waals surface area contributed by atoms with Crippen molar-refractivity contribution in [2.24, 2.45) is 0 Å². The van der Waals surface area contributed by atoms with Crippen molar-refractivity contribution in [1.82, 2.24) is 10.6 Å². The van der Waals surface area contributed by atoms with Crippen molar-refractivity contribution in [3.63, 3.8) is 0 Å². The highest BCUT2D eigenvalue weighted by molar-refractivity contribution is 8.00. The van der Waals surface area contributed by atoms with Gasteiger partial charge in [-0.2, -0.15) is 11.8 Å². The Bertz CT molecular complexity index is 401. The molecule has 2 fully saturated rings. The number of hydrogen-bond donors (Lipinski definition) is 3. The second-order valence-electron chi connectivity index (χ2n) is 6.98. The van der Waals surface area contributed by atoms with Gasteiger partial charge in [-0.15, -0.1) is 0 Å². The lowest BCUT2D eigenvalue weighted by atomic mass is 10.0. The fourth-order valence-electron chi connectivity index (χ4n) is 2.56. The molecular formula is C15H29N3O4S. The number of aliphatic carboxylic acids is 1. The van der Waals surface area contributed by atoms with E-state index in [2.05, 4.69) is 31.8 Å². The van der Waals surface area contributed by atoms with Gasteiger partial charge < -0.3 is 30.1 Å². The highest BCUT2D eigenvalue weighted by Crippen LogP contribution is 2.33. The van der Waals surface area contributed by atoms with E-state index in [0.717, 1.165) is 29.6 Å². The largest absolute Gasteiger partial charge is 0.550 e. The van der Waals surface area contributed by atoms with Crippen molar-refractivity contribution in [1.29, 1.82) is 0 Å². The number of carboxylic acid groups (broad SMARTS) is 1. The summed E-state index contributed by atoms with van der Waals surface area (Å²) in [6.07, 6.45) is 2.64. The van der Waals surface area contributed by atoms with Crippen molar-refractivity contribution >= 4 is 23.8 Å². The van der Waals surface area contributed by atoms with E-state index in [4.69, 9.17) is 5.11 Å². The Balaban J connectivity index is 0.000000322. The van der Waals surface area contributed by atoms with Gasteiger partial charge in [-0.05, 0) is 19.3 Å². The second kappa shape index (κ2) is 9.34. The molecule has 7 nitrogen and oxygen atoms in total. The lowest BCUT2D eigenvalue weighted by Crippen LogP contribution is -2.36. The summed E-state index contributed by atoms with van der Waals surface area (Å²) in [4.78, 5) is 21.3. The number of quaternary nitrogens is 1. The van der Waals surface area contributed by atoms with Crippen LogP contribution in [0.2, 0.25) is 0 Å². The number of thioether (sulfide) groups is 1. The lowest BCUT2D eigenvalue weighted by molar-refractivity contribution is -0.870. The van der Waals surface area contributed by atoms with E-state index in [1.54, 1.807) is 0 Å². The number of urea groups is 1. The zero-order valence-electron chi connectivity index (χ0n) is 14.2. The van der Waals surface area contributed by atoms with Crippen LogP contribution < -0.4 is 15.7 Å². The predicted molar refractivity (Wildman–Crippen MR) is 88.9 cm³/mol. The maximum Gasteiger partial charge on any atom is 0.315 e. The Morgan fingerprint density at radius 3 is 2.57 bits per heavy atom. The molecule has 2 heterocycles. The Morgan fingerprint density at radius 2 is 2.04 bits per heavy atom. The first-order valence-electron chi connectivity index (χ1n) is 8.02. The van der Waals surface area contributed by atoms with Crippen molar-refractivity contribution in [2.45, 2.75) is 43.0 Å². The minimum atomic E-state index is -0.979. The van der Waals surface area contributed by atoms with Gasteiger partial charge in [0.05, 0.1) is 39.8 Å². The molecular weight excluding hydrogens is 318 g/mol. The van der Waals surface area contributed by atoms with Crippen LogP contribution in [0.25, 0.3) is 0 Å². The van der Waals surface area contributed by atoms with Crippen molar-refractivity contribution in [3.8, 4) is 0 Å². The molecule has 0 bridgehead atoms. The summed E-state index contributed by atoms with van der Waals surface area (Å²) >= 11 is 1.85. The van der Waals surface area contributed by atoms with Crippen LogP contribution >= 0.6 is 11.8 Å². The molecule has 23 heavy (non-hydrogen) atoms. The number of carbonyl (C=O) groups excluding carboxylic acids is 2. The third-order valence-corrected chi connectivity index (χ3v) is 5.34. The van der Waals surface area contributed by atoms with Gasteiger partial charge in [0.25, 0.3) is 0 Å². The van der Waals surface area contributed by atoms with Crippen molar-refractivity contribution in [2.75, 3.05) is 40.0 Å². The molecule has 2 aliphatic heterocycles. The number of aliphatic hydroxyl groups is 1. The first-order valence-corrected chi connectivity index (χ1v) is 9.07. The molecule has 0 aromatic carbocycles. The van der Waals surface area contributed by atoms with E-state index < -0.39 is 5.97 Å². The van der Waals surface area contributed by atoms with Gasteiger partial charge in [-0.1, -0.05) is 6.42 Å². The first kappa shape index (κ1) is 20.1. The van der Waals surface area contributed by atoms with E-state index >= 15 is 0 Å². The number of amides is 2. The van der Waals surface area contributed by atoms with Crippen LogP contribution in [0, 0.1) is 0 Å². The Hall–Kier alpha value is -0.990. The minimum absolute atomic E-state index is 0.0740. The highest BCUT2D eigenvalue weighted by atomic mass is 32.2. The zero-order valence-corrected chi connectivity index (χ0v) is 15.0. The topological polar surface area (TPSA) is 101 Å². The number of aliphatic hydroxyl groups excluding tert-OH is 1. The average Bonchev–Trinajstić information content (AvgIpc) is 2.93. The van der Waals surface area contributed by atoms with Gasteiger partial charge in [-0.25, -0.2) is 4.79 Å². The van der Waals surface area contributed by atoms with E-state index in [9.17, 15) is 14.7 Å². The van der Waals surface area contributed by atoms with Gasteiger partial charge in [0.15, 0.2) is 0 Å². The van der Waals surface area contributed by atoms with Gasteiger partial charge in [0, 0.05) is 17.0 Å². The molecule has 2 amide bonds. The van der Waals surface area contributed by atoms with Crippen LogP contribution in [0.1, 0.15) is 25.7 Å². The number of nitrogens with zero attached hydrogens (tertiary/aromatic N) is 1. The molecule has 0 aromatic rings. The number of carboxylic acids is 1. The summed E-state index contributed by atoms with van der Waals surface area (Å²) in [6.45, 7) is 1.11. The SMILES string of the molecule is C[N+](C)(C)CCO.O=C([O-])CCCC[C@@H]1SC[C@@H]2NC(=O)N[C@@H]21. The summed E-state index contributed by atoms with van der Waals surface area (Å²) in [5, 5.41) is 24.8. The number of likely N-dealkylation sites (N-methyl/N-ethyl adjacent to an activating group) is 1. The van der Waals surface area contributed by atoms with E-state index in [0.29, 0.717) is 11.7 Å². The third-order valence-electron chi connectivity index (χ3n) is 3.83. The molecule has 0 radical (unpaired) electrons. The molecule has 3 N–H and O–H groups in total. The summed E-state index contributed by atoms with van der Waals surface area (Å²) in [5.74, 6) is -0.0260. The van der Waals surface area contributed by atoms with Crippen LogP contribution in [0.5, 0.6) is 0 Å².